The molecule has 2 aromatic carbocycles. The van der Waals surface area contributed by atoms with E-state index in [4.69, 9.17) is 4.74 Å². The van der Waals surface area contributed by atoms with Crippen LogP contribution in [0, 0.1) is 28.7 Å². The predicted octanol–water partition coefficient (Wildman–Crippen LogP) is 4.75. The number of carbonyl (C=O) groups is 1. The molecule has 0 aliphatic heterocycles. The number of carbonyl (C=O) groups excluding carboxylic acids is 1. The number of nitro groups is 1. The summed E-state index contributed by atoms with van der Waals surface area (Å²) in [6.07, 6.45) is -0.358. The first-order chi connectivity index (χ1) is 12.0. The molecule has 0 bridgehead atoms. The Morgan fingerprint density at radius 2 is 1.62 bits per heavy atom. The van der Waals surface area contributed by atoms with Crippen LogP contribution in [0.3, 0.4) is 0 Å². The molecule has 0 N–H and O–H groups in total. The average Bonchev–Trinajstić information content (AvgIpc) is 2.45. The summed E-state index contributed by atoms with van der Waals surface area (Å²) in [7, 11) is 0. The lowest BCUT2D eigenvalue weighted by Gasteiger charge is -2.19. The predicted molar refractivity (Wildman–Crippen MR) is 93.7 cm³/mol. The summed E-state index contributed by atoms with van der Waals surface area (Å²) < 4.78 is 31.6. The van der Waals surface area contributed by atoms with Gasteiger partial charge in [0.05, 0.1) is 11.3 Å². The molecule has 0 amide bonds. The average molecular weight is 365 g/mol. The van der Waals surface area contributed by atoms with Gasteiger partial charge in [-0.15, -0.1) is 0 Å². The van der Waals surface area contributed by atoms with Crippen LogP contribution in [0.15, 0.2) is 42.5 Å². The third-order valence-corrected chi connectivity index (χ3v) is 2.97. The Bertz CT molecular complexity index is 748. The highest BCUT2D eigenvalue weighted by atomic mass is 19.1. The van der Waals surface area contributed by atoms with E-state index in [1.807, 2.05) is 18.2 Å². The number of hydrogen-bond acceptors (Lipinski definition) is 4. The molecule has 0 spiro atoms. The Hall–Kier alpha value is -2.83. The van der Waals surface area contributed by atoms with E-state index < -0.39 is 33.8 Å². The number of rotatable bonds is 3. The standard InChI is InChI=1S/C12H13F2NO4.C7H8/c1-12(2,3)19-10(16)6-7-4-8(13)11(15(17)18)9(14)5-7;1-7-5-3-2-4-6-7/h4-5H,6H2,1-3H3;2-6H,1H3. The Kier molecular flexibility index (Phi) is 7.37. The third kappa shape index (κ3) is 7.38. The van der Waals surface area contributed by atoms with Crippen molar-refractivity contribution in [1.82, 2.24) is 0 Å². The number of ether oxygens (including phenoxy) is 1. The third-order valence-electron chi connectivity index (χ3n) is 2.97. The molecule has 0 aromatic heterocycles. The molecule has 2 aromatic rings. The van der Waals surface area contributed by atoms with Crippen molar-refractivity contribution in [3.05, 3.63) is 75.3 Å². The molecule has 26 heavy (non-hydrogen) atoms. The van der Waals surface area contributed by atoms with E-state index in [1.165, 1.54) is 5.56 Å². The van der Waals surface area contributed by atoms with Gasteiger partial charge in [-0.25, -0.2) is 0 Å². The zero-order valence-electron chi connectivity index (χ0n) is 15.1. The van der Waals surface area contributed by atoms with E-state index in [9.17, 15) is 23.7 Å². The Morgan fingerprint density at radius 3 is 1.96 bits per heavy atom. The van der Waals surface area contributed by atoms with E-state index in [1.54, 1.807) is 20.8 Å². The van der Waals surface area contributed by atoms with Crippen molar-refractivity contribution in [1.29, 1.82) is 0 Å². The normalized spacial score (nSPS) is 10.5. The molecule has 0 aliphatic carbocycles. The summed E-state index contributed by atoms with van der Waals surface area (Å²) in [5.41, 5.74) is -0.639. The highest BCUT2D eigenvalue weighted by Gasteiger charge is 2.23. The fraction of sp³-hybridized carbons (Fsp3) is 0.316. The SMILES string of the molecule is CC(C)(C)OC(=O)Cc1cc(F)c([N+](=O)[O-])c(F)c1.Cc1ccccc1. The zero-order chi connectivity index (χ0) is 19.9. The van der Waals surface area contributed by atoms with Crippen molar-refractivity contribution in [2.75, 3.05) is 0 Å². The van der Waals surface area contributed by atoms with Gasteiger partial charge in [0, 0.05) is 0 Å². The van der Waals surface area contributed by atoms with Crippen LogP contribution in [0.2, 0.25) is 0 Å². The Balaban J connectivity index is 0.000000401. The fourth-order valence-electron chi connectivity index (χ4n) is 1.97. The fourth-order valence-corrected chi connectivity index (χ4v) is 1.97. The van der Waals surface area contributed by atoms with Crippen LogP contribution in [-0.4, -0.2) is 16.5 Å². The van der Waals surface area contributed by atoms with Crippen molar-refractivity contribution in [3.63, 3.8) is 0 Å². The molecule has 0 unspecified atom stereocenters. The van der Waals surface area contributed by atoms with Gasteiger partial charge in [-0.1, -0.05) is 35.9 Å². The highest BCUT2D eigenvalue weighted by molar-refractivity contribution is 5.73. The van der Waals surface area contributed by atoms with Gasteiger partial charge in [0.2, 0.25) is 11.6 Å². The summed E-state index contributed by atoms with van der Waals surface area (Å²) in [5.74, 6) is -3.30. The second-order valence-electron chi connectivity index (χ2n) is 6.58. The maximum absolute atomic E-state index is 13.3. The first kappa shape index (κ1) is 21.2. The molecule has 0 radical (unpaired) electrons. The van der Waals surface area contributed by atoms with Crippen molar-refractivity contribution in [2.45, 2.75) is 39.7 Å². The molecule has 7 heteroatoms. The monoisotopic (exact) mass is 365 g/mol. The number of halogens is 2. The summed E-state index contributed by atoms with van der Waals surface area (Å²) in [6.45, 7) is 7.05. The number of benzene rings is 2. The van der Waals surface area contributed by atoms with Gasteiger partial charge in [-0.3, -0.25) is 14.9 Å². The van der Waals surface area contributed by atoms with E-state index in [2.05, 4.69) is 19.1 Å². The van der Waals surface area contributed by atoms with Crippen LogP contribution >= 0.6 is 0 Å². The molecular formula is C19H21F2NO4. The van der Waals surface area contributed by atoms with Crippen molar-refractivity contribution in [3.8, 4) is 0 Å². The van der Waals surface area contributed by atoms with Gasteiger partial charge in [0.15, 0.2) is 0 Å². The Morgan fingerprint density at radius 1 is 1.12 bits per heavy atom. The van der Waals surface area contributed by atoms with Gasteiger partial charge in [0.1, 0.15) is 5.60 Å². The minimum atomic E-state index is -1.32. The molecule has 0 saturated carbocycles. The molecular weight excluding hydrogens is 344 g/mol. The lowest BCUT2D eigenvalue weighted by Crippen LogP contribution is -2.25. The van der Waals surface area contributed by atoms with E-state index in [0.29, 0.717) is 0 Å². The number of nitro benzene ring substituents is 1. The van der Waals surface area contributed by atoms with Gasteiger partial charge in [-0.05, 0) is 45.4 Å². The second-order valence-corrected chi connectivity index (χ2v) is 6.58. The van der Waals surface area contributed by atoms with Crippen LogP contribution in [0.1, 0.15) is 31.9 Å². The van der Waals surface area contributed by atoms with Crippen molar-refractivity contribution in [2.24, 2.45) is 0 Å². The number of aryl methyl sites for hydroxylation is 1. The van der Waals surface area contributed by atoms with Crippen molar-refractivity contribution < 1.29 is 23.2 Å². The van der Waals surface area contributed by atoms with Crippen LogP contribution in [0.25, 0.3) is 0 Å². The molecule has 2 rings (SSSR count). The summed E-state index contributed by atoms with van der Waals surface area (Å²) >= 11 is 0. The lowest BCUT2D eigenvalue weighted by atomic mass is 10.1. The summed E-state index contributed by atoms with van der Waals surface area (Å²) in [6, 6.07) is 11.8. The molecule has 140 valence electrons. The van der Waals surface area contributed by atoms with Crippen LogP contribution in [0.5, 0.6) is 0 Å². The Labute approximate surface area is 150 Å². The highest BCUT2D eigenvalue weighted by Crippen LogP contribution is 2.23. The van der Waals surface area contributed by atoms with Gasteiger partial charge < -0.3 is 4.74 Å². The summed E-state index contributed by atoms with van der Waals surface area (Å²) in [4.78, 5) is 20.7. The van der Waals surface area contributed by atoms with Crippen LogP contribution in [0.4, 0.5) is 14.5 Å². The van der Waals surface area contributed by atoms with E-state index in [-0.39, 0.29) is 12.0 Å². The molecule has 5 nitrogen and oxygen atoms in total. The smallest absolute Gasteiger partial charge is 0.340 e. The number of esters is 1. The maximum Gasteiger partial charge on any atom is 0.340 e. The number of nitrogens with zero attached hydrogens (tertiary/aromatic N) is 1. The summed E-state index contributed by atoms with van der Waals surface area (Å²) in [5, 5.41) is 10.4. The van der Waals surface area contributed by atoms with Gasteiger partial charge in [0.25, 0.3) is 0 Å². The quantitative estimate of drug-likeness (QED) is 0.447. The van der Waals surface area contributed by atoms with Crippen molar-refractivity contribution >= 4 is 11.7 Å². The van der Waals surface area contributed by atoms with Crippen LogP contribution in [-0.2, 0) is 16.0 Å². The first-order valence-electron chi connectivity index (χ1n) is 7.85. The largest absolute Gasteiger partial charge is 0.460 e. The minimum Gasteiger partial charge on any atom is -0.460 e. The molecule has 0 saturated heterocycles. The number of hydrogen-bond donors (Lipinski definition) is 0. The molecule has 0 fully saturated rings. The molecule has 0 aliphatic rings. The first-order valence-corrected chi connectivity index (χ1v) is 7.85. The van der Waals surface area contributed by atoms with Gasteiger partial charge >= 0.3 is 11.7 Å². The lowest BCUT2D eigenvalue weighted by molar-refractivity contribution is -0.390. The zero-order valence-corrected chi connectivity index (χ0v) is 15.1. The molecule has 0 heterocycles. The van der Waals surface area contributed by atoms with Crippen LogP contribution < -0.4 is 0 Å². The second kappa shape index (κ2) is 9.03. The molecule has 0 atom stereocenters. The van der Waals surface area contributed by atoms with Gasteiger partial charge in [-0.2, -0.15) is 8.78 Å². The maximum atomic E-state index is 13.3. The van der Waals surface area contributed by atoms with E-state index in [0.717, 1.165) is 12.1 Å². The topological polar surface area (TPSA) is 69.4 Å². The van der Waals surface area contributed by atoms with E-state index >= 15 is 0 Å². The minimum absolute atomic E-state index is 0.0187.